The molecule has 1 aliphatic carbocycles. The van der Waals surface area contributed by atoms with Gasteiger partial charge in [0.1, 0.15) is 0 Å². The zero-order chi connectivity index (χ0) is 24.4. The lowest BCUT2D eigenvalue weighted by molar-refractivity contribution is 0.445. The molecule has 0 nitrogen and oxygen atoms in total. The number of hydrogen-bond acceptors (Lipinski definition) is 0. The lowest BCUT2D eigenvalue weighted by Gasteiger charge is -2.34. The van der Waals surface area contributed by atoms with Crippen LogP contribution in [-0.4, -0.2) is 0 Å². The van der Waals surface area contributed by atoms with Crippen LogP contribution in [0.25, 0.3) is 11.1 Å². The molecule has 0 aromatic heterocycles. The molecule has 35 heavy (non-hydrogen) atoms. The van der Waals surface area contributed by atoms with Crippen LogP contribution < -0.4 is 0 Å². The maximum absolute atomic E-state index is 2.55. The average molecular weight is 459 g/mol. The first-order chi connectivity index (χ1) is 17.0. The highest BCUT2D eigenvalue weighted by Crippen LogP contribution is 2.54. The summed E-state index contributed by atoms with van der Waals surface area (Å²) in [4.78, 5) is 0. The number of hydrogen-bond donors (Lipinski definition) is 0. The van der Waals surface area contributed by atoms with Crippen LogP contribution in [0.2, 0.25) is 0 Å². The Bertz CT molecular complexity index is 1180. The molecular weight excluding hydrogens is 420 g/mol. The molecule has 0 radical (unpaired) electrons. The predicted octanol–water partition coefficient (Wildman–Crippen LogP) is 9.47. The van der Waals surface area contributed by atoms with Gasteiger partial charge in [0.15, 0.2) is 0 Å². The Morgan fingerprint density at radius 1 is 0.514 bits per heavy atom. The van der Waals surface area contributed by atoms with E-state index in [1.807, 2.05) is 0 Å². The minimum atomic E-state index is 0.0200. The zero-order valence-electron chi connectivity index (χ0n) is 21.7. The number of rotatable bonds is 8. The van der Waals surface area contributed by atoms with Crippen molar-refractivity contribution in [2.75, 3.05) is 0 Å². The van der Waals surface area contributed by atoms with Crippen molar-refractivity contribution < 1.29 is 0 Å². The first-order valence-corrected chi connectivity index (χ1v) is 13.3. The van der Waals surface area contributed by atoms with Crippen LogP contribution in [0.5, 0.6) is 0 Å². The summed E-state index contributed by atoms with van der Waals surface area (Å²) in [5, 5.41) is 0. The highest BCUT2D eigenvalue weighted by molar-refractivity contribution is 5.82. The van der Waals surface area contributed by atoms with Crippen LogP contribution >= 0.6 is 0 Å². The van der Waals surface area contributed by atoms with Gasteiger partial charge in [-0.05, 0) is 82.0 Å². The van der Waals surface area contributed by atoms with Crippen LogP contribution in [0, 0.1) is 0 Å². The normalized spacial score (nSPS) is 13.8. The second kappa shape index (κ2) is 9.86. The minimum Gasteiger partial charge on any atom is -0.0622 e. The van der Waals surface area contributed by atoms with Crippen molar-refractivity contribution >= 4 is 0 Å². The Morgan fingerprint density at radius 2 is 0.914 bits per heavy atom. The number of aryl methyl sites for hydroxylation is 2. The van der Waals surface area contributed by atoms with Crippen LogP contribution in [0.3, 0.4) is 0 Å². The molecule has 4 aromatic carbocycles. The largest absolute Gasteiger partial charge is 0.0622 e. The Kier molecular flexibility index (Phi) is 6.65. The molecule has 0 spiro atoms. The van der Waals surface area contributed by atoms with E-state index in [2.05, 4.69) is 125 Å². The smallest absolute Gasteiger partial charge is 0.0221 e. The van der Waals surface area contributed by atoms with Crippen molar-refractivity contribution in [1.82, 2.24) is 0 Å². The summed E-state index contributed by atoms with van der Waals surface area (Å²) in [5.74, 6) is 1.05. The van der Waals surface area contributed by atoms with Gasteiger partial charge < -0.3 is 0 Å². The van der Waals surface area contributed by atoms with E-state index >= 15 is 0 Å². The van der Waals surface area contributed by atoms with Crippen LogP contribution in [-0.2, 0) is 18.3 Å². The first-order valence-electron chi connectivity index (χ1n) is 13.3. The molecule has 0 atom stereocenters. The van der Waals surface area contributed by atoms with Crippen molar-refractivity contribution in [2.24, 2.45) is 0 Å². The van der Waals surface area contributed by atoms with Crippen LogP contribution in [0.15, 0.2) is 97.1 Å². The lowest BCUT2D eigenvalue weighted by atomic mass is 9.69. The van der Waals surface area contributed by atoms with Gasteiger partial charge in [0.2, 0.25) is 0 Å². The number of fused-ring (bicyclic) bond motifs is 3. The molecule has 1 aliphatic rings. The molecule has 0 bridgehead atoms. The molecule has 0 amide bonds. The van der Waals surface area contributed by atoms with Crippen LogP contribution in [0.4, 0.5) is 0 Å². The summed E-state index contributed by atoms with van der Waals surface area (Å²) in [7, 11) is 0. The highest BCUT2D eigenvalue weighted by Gasteiger charge is 2.43. The number of benzene rings is 4. The van der Waals surface area contributed by atoms with Crippen molar-refractivity contribution in [3.63, 3.8) is 0 Å². The van der Waals surface area contributed by atoms with Crippen molar-refractivity contribution in [3.05, 3.63) is 130 Å². The van der Waals surface area contributed by atoms with E-state index in [9.17, 15) is 0 Å². The molecule has 0 unspecified atom stereocenters. The summed E-state index contributed by atoms with van der Waals surface area (Å²) >= 11 is 0. The molecule has 0 aliphatic heterocycles. The zero-order valence-corrected chi connectivity index (χ0v) is 21.7. The fraction of sp³-hybridized carbons (Fsp3) is 0.314. The van der Waals surface area contributed by atoms with Gasteiger partial charge in [-0.1, -0.05) is 125 Å². The Labute approximate surface area is 212 Å². The topological polar surface area (TPSA) is 0 Å². The summed E-state index contributed by atoms with van der Waals surface area (Å²) in [6.45, 7) is 9.26. The average Bonchev–Trinajstić information content (AvgIpc) is 3.16. The highest BCUT2D eigenvalue weighted by atomic mass is 14.5. The minimum absolute atomic E-state index is 0.0200. The SMILES string of the molecule is CC(C)c1ccc2c(c1)C(CCc1ccccc1)(CCc1ccccc1)c1cc(C(C)C)ccc1-2. The first kappa shape index (κ1) is 23.6. The maximum Gasteiger partial charge on any atom is 0.0221 e. The van der Waals surface area contributed by atoms with Gasteiger partial charge in [0.25, 0.3) is 0 Å². The maximum atomic E-state index is 2.55. The second-order valence-electron chi connectivity index (χ2n) is 11.0. The summed E-state index contributed by atoms with van der Waals surface area (Å²) < 4.78 is 0. The van der Waals surface area contributed by atoms with E-state index in [4.69, 9.17) is 0 Å². The molecule has 0 heteroatoms. The molecule has 0 fully saturated rings. The third kappa shape index (κ3) is 4.59. The van der Waals surface area contributed by atoms with E-state index in [0.29, 0.717) is 11.8 Å². The van der Waals surface area contributed by atoms with E-state index in [-0.39, 0.29) is 5.41 Å². The monoisotopic (exact) mass is 458 g/mol. The van der Waals surface area contributed by atoms with E-state index in [1.165, 1.54) is 33.4 Å². The predicted molar refractivity (Wildman–Crippen MR) is 150 cm³/mol. The molecule has 4 aromatic rings. The standard InChI is InChI=1S/C35H38/c1-25(2)29-15-17-31-32-18-16-30(26(3)4)24-34(32)35(33(31)23-29,21-19-27-11-7-5-8-12-27)22-20-28-13-9-6-10-14-28/h5-18,23-26H,19-22H2,1-4H3. The second-order valence-corrected chi connectivity index (χ2v) is 11.0. The van der Waals surface area contributed by atoms with Gasteiger partial charge in [-0.25, -0.2) is 0 Å². The molecule has 0 saturated heterocycles. The fourth-order valence-electron chi connectivity index (χ4n) is 5.92. The third-order valence-electron chi connectivity index (χ3n) is 8.11. The molecule has 5 rings (SSSR count). The molecule has 0 N–H and O–H groups in total. The van der Waals surface area contributed by atoms with Crippen LogP contribution in [0.1, 0.15) is 85.8 Å². The molecule has 0 heterocycles. The Hall–Kier alpha value is -3.12. The van der Waals surface area contributed by atoms with Crippen molar-refractivity contribution in [3.8, 4) is 11.1 Å². The quantitative estimate of drug-likeness (QED) is 0.247. The van der Waals surface area contributed by atoms with E-state index in [1.54, 1.807) is 11.1 Å². The van der Waals surface area contributed by atoms with Crippen molar-refractivity contribution in [1.29, 1.82) is 0 Å². The summed E-state index contributed by atoms with van der Waals surface area (Å²) in [6.07, 6.45) is 4.44. The van der Waals surface area contributed by atoms with Gasteiger partial charge in [0, 0.05) is 5.41 Å². The van der Waals surface area contributed by atoms with Gasteiger partial charge >= 0.3 is 0 Å². The van der Waals surface area contributed by atoms with Crippen molar-refractivity contribution in [2.45, 2.75) is 70.6 Å². The molecule has 0 saturated carbocycles. The van der Waals surface area contributed by atoms with Gasteiger partial charge in [0.05, 0.1) is 0 Å². The third-order valence-corrected chi connectivity index (χ3v) is 8.11. The molecule has 178 valence electrons. The fourth-order valence-corrected chi connectivity index (χ4v) is 5.92. The van der Waals surface area contributed by atoms with E-state index < -0.39 is 0 Å². The van der Waals surface area contributed by atoms with Gasteiger partial charge in [-0.15, -0.1) is 0 Å². The molecular formula is C35H38. The van der Waals surface area contributed by atoms with Gasteiger partial charge in [-0.2, -0.15) is 0 Å². The lowest BCUT2D eigenvalue weighted by Crippen LogP contribution is -2.27. The summed E-state index contributed by atoms with van der Waals surface area (Å²) in [5.41, 5.74) is 11.8. The Balaban J connectivity index is 1.67. The Morgan fingerprint density at radius 3 is 1.29 bits per heavy atom. The van der Waals surface area contributed by atoms with E-state index in [0.717, 1.165) is 25.7 Å². The van der Waals surface area contributed by atoms with Gasteiger partial charge in [-0.3, -0.25) is 0 Å². The summed E-state index contributed by atoms with van der Waals surface area (Å²) in [6, 6.07) is 36.7.